The van der Waals surface area contributed by atoms with E-state index in [0.717, 1.165) is 10.8 Å². The normalized spacial score (nSPS) is 10.8. The van der Waals surface area contributed by atoms with E-state index in [-0.39, 0.29) is 11.8 Å². The van der Waals surface area contributed by atoms with Gasteiger partial charge in [0.25, 0.3) is 5.91 Å². The highest BCUT2D eigenvalue weighted by Gasteiger charge is 2.22. The molecule has 7 nitrogen and oxygen atoms in total. The Balaban J connectivity index is 1.95. The number of amides is 1. The zero-order valence-corrected chi connectivity index (χ0v) is 17.3. The molecule has 0 fully saturated rings. The minimum Gasteiger partial charge on any atom is -0.493 e. The molecule has 0 unspecified atom stereocenters. The van der Waals surface area contributed by atoms with Gasteiger partial charge in [-0.15, -0.1) is 0 Å². The number of rotatable bonds is 7. The molecular weight excluding hydrogens is 378 g/mol. The van der Waals surface area contributed by atoms with Crippen LogP contribution < -0.4 is 19.5 Å². The van der Waals surface area contributed by atoms with Crippen LogP contribution in [0, 0.1) is 0 Å². The topological polar surface area (TPSA) is 74.6 Å². The molecule has 0 atom stereocenters. The van der Waals surface area contributed by atoms with Crippen LogP contribution in [-0.2, 0) is 0 Å². The van der Waals surface area contributed by atoms with Gasteiger partial charge in [-0.05, 0) is 18.1 Å². The van der Waals surface area contributed by atoms with E-state index in [4.69, 9.17) is 14.2 Å². The Bertz CT molecular complexity index is 939. The molecule has 3 aromatic rings. The number of nitrogens with zero attached hydrogens (tertiary/aromatic N) is 2. The fourth-order valence-corrected chi connectivity index (χ4v) is 3.87. The van der Waals surface area contributed by atoms with E-state index >= 15 is 0 Å². The monoisotopic (exact) mass is 401 g/mol. The summed E-state index contributed by atoms with van der Waals surface area (Å²) in [7, 11) is 4.60. The lowest BCUT2D eigenvalue weighted by atomic mass is 10.1. The summed E-state index contributed by atoms with van der Waals surface area (Å²) in [5.41, 5.74) is 1.31. The Morgan fingerprint density at radius 2 is 1.68 bits per heavy atom. The Morgan fingerprint density at radius 1 is 1.07 bits per heavy atom. The van der Waals surface area contributed by atoms with Crippen molar-refractivity contribution in [3.8, 4) is 22.4 Å². The van der Waals surface area contributed by atoms with Crippen LogP contribution in [0.15, 0.2) is 36.7 Å². The quantitative estimate of drug-likeness (QED) is 0.638. The van der Waals surface area contributed by atoms with Gasteiger partial charge in [-0.3, -0.25) is 4.79 Å². The molecule has 1 aromatic carbocycles. The number of carbonyl (C=O) groups is 1. The van der Waals surface area contributed by atoms with Crippen molar-refractivity contribution in [1.29, 1.82) is 0 Å². The van der Waals surface area contributed by atoms with E-state index in [2.05, 4.69) is 10.3 Å². The van der Waals surface area contributed by atoms with E-state index in [1.807, 2.05) is 42.9 Å². The predicted octanol–water partition coefficient (Wildman–Crippen LogP) is 4.34. The lowest BCUT2D eigenvalue weighted by Gasteiger charge is -2.14. The van der Waals surface area contributed by atoms with Gasteiger partial charge < -0.3 is 24.1 Å². The fourth-order valence-electron chi connectivity index (χ4n) is 2.79. The number of carbonyl (C=O) groups excluding carboxylic acids is 1. The lowest BCUT2D eigenvalue weighted by Crippen LogP contribution is -2.13. The number of methoxy groups -OCH3 is 3. The summed E-state index contributed by atoms with van der Waals surface area (Å²) in [5.74, 6) is 1.30. The molecule has 0 aliphatic rings. The van der Waals surface area contributed by atoms with Crippen LogP contribution in [-0.4, -0.2) is 36.8 Å². The summed E-state index contributed by atoms with van der Waals surface area (Å²) in [4.78, 5) is 18.3. The number of benzene rings is 1. The zero-order chi connectivity index (χ0) is 20.3. The molecule has 1 N–H and O–H groups in total. The average molecular weight is 401 g/mol. The van der Waals surface area contributed by atoms with Crippen LogP contribution in [0.5, 0.6) is 17.2 Å². The summed E-state index contributed by atoms with van der Waals surface area (Å²) >= 11 is 1.35. The summed E-state index contributed by atoms with van der Waals surface area (Å²) in [6.45, 7) is 4.04. The number of hydrogen-bond acceptors (Lipinski definition) is 6. The van der Waals surface area contributed by atoms with Crippen molar-refractivity contribution < 1.29 is 19.0 Å². The molecule has 0 saturated carbocycles. The third-order valence-corrected chi connectivity index (χ3v) is 5.23. The number of anilines is 1. The van der Waals surface area contributed by atoms with Crippen LogP contribution in [0.2, 0.25) is 0 Å². The van der Waals surface area contributed by atoms with Gasteiger partial charge in [0.15, 0.2) is 16.6 Å². The molecule has 0 aliphatic carbocycles. The molecule has 148 valence electrons. The largest absolute Gasteiger partial charge is 0.493 e. The molecule has 0 aliphatic heterocycles. The van der Waals surface area contributed by atoms with E-state index < -0.39 is 0 Å². The van der Waals surface area contributed by atoms with Crippen molar-refractivity contribution in [2.24, 2.45) is 0 Å². The Labute approximate surface area is 167 Å². The van der Waals surface area contributed by atoms with Crippen LogP contribution >= 0.6 is 11.3 Å². The van der Waals surface area contributed by atoms with Crippen molar-refractivity contribution in [2.75, 3.05) is 26.6 Å². The van der Waals surface area contributed by atoms with Gasteiger partial charge in [0.2, 0.25) is 5.75 Å². The van der Waals surface area contributed by atoms with Gasteiger partial charge in [-0.25, -0.2) is 4.98 Å². The SMILES string of the molecule is COc1cc(NC(=O)c2sc(-n3cccc3)nc2C(C)C)cc(OC)c1OC. The van der Waals surface area contributed by atoms with Crippen LogP contribution in [0.4, 0.5) is 5.69 Å². The van der Waals surface area contributed by atoms with Crippen LogP contribution in [0.1, 0.15) is 35.1 Å². The highest BCUT2D eigenvalue weighted by Crippen LogP contribution is 2.40. The molecule has 2 heterocycles. The molecule has 0 saturated heterocycles. The molecule has 1 amide bonds. The van der Waals surface area contributed by atoms with Crippen LogP contribution in [0.25, 0.3) is 5.13 Å². The first-order valence-corrected chi connectivity index (χ1v) is 9.55. The Kier molecular flexibility index (Phi) is 5.89. The number of hydrogen-bond donors (Lipinski definition) is 1. The van der Waals surface area contributed by atoms with Gasteiger partial charge in [-0.1, -0.05) is 25.2 Å². The maximum Gasteiger partial charge on any atom is 0.267 e. The van der Waals surface area contributed by atoms with E-state index in [1.54, 1.807) is 12.1 Å². The predicted molar refractivity (Wildman–Crippen MR) is 110 cm³/mol. The summed E-state index contributed by atoms with van der Waals surface area (Å²) in [6, 6.07) is 7.24. The Hall–Kier alpha value is -3.00. The summed E-state index contributed by atoms with van der Waals surface area (Å²) < 4.78 is 17.9. The second-order valence-electron chi connectivity index (χ2n) is 6.32. The van der Waals surface area contributed by atoms with Gasteiger partial charge in [0.05, 0.1) is 27.0 Å². The van der Waals surface area contributed by atoms with Gasteiger partial charge >= 0.3 is 0 Å². The van der Waals surface area contributed by atoms with E-state index in [1.165, 1.54) is 32.7 Å². The van der Waals surface area contributed by atoms with Gasteiger partial charge in [0.1, 0.15) is 4.88 Å². The number of ether oxygens (including phenoxy) is 3. The first-order valence-electron chi connectivity index (χ1n) is 8.73. The third-order valence-electron chi connectivity index (χ3n) is 4.14. The van der Waals surface area contributed by atoms with Crippen molar-refractivity contribution in [2.45, 2.75) is 19.8 Å². The summed E-state index contributed by atoms with van der Waals surface area (Å²) in [5, 5.41) is 3.67. The minimum absolute atomic E-state index is 0.112. The van der Waals surface area contributed by atoms with Gasteiger partial charge in [0, 0.05) is 30.2 Å². The lowest BCUT2D eigenvalue weighted by molar-refractivity contribution is 0.102. The van der Waals surface area contributed by atoms with E-state index in [9.17, 15) is 4.79 Å². The standard InChI is InChI=1S/C20H23N3O4S/c1-12(2)16-18(28-20(22-16)23-8-6-7-9-23)19(24)21-13-10-14(25-3)17(27-5)15(11-13)26-4/h6-12H,1-5H3,(H,21,24). The molecule has 3 rings (SSSR count). The highest BCUT2D eigenvalue weighted by atomic mass is 32.1. The van der Waals surface area contributed by atoms with E-state index in [0.29, 0.717) is 27.8 Å². The van der Waals surface area contributed by atoms with Crippen molar-refractivity contribution in [3.63, 3.8) is 0 Å². The number of thiazole rings is 1. The van der Waals surface area contributed by atoms with Gasteiger partial charge in [-0.2, -0.15) is 0 Å². The zero-order valence-electron chi connectivity index (χ0n) is 16.5. The van der Waals surface area contributed by atoms with Crippen molar-refractivity contribution in [1.82, 2.24) is 9.55 Å². The number of aromatic nitrogens is 2. The smallest absolute Gasteiger partial charge is 0.267 e. The highest BCUT2D eigenvalue weighted by molar-refractivity contribution is 7.16. The molecule has 28 heavy (non-hydrogen) atoms. The first kappa shape index (κ1) is 19.8. The molecule has 0 radical (unpaired) electrons. The van der Waals surface area contributed by atoms with Crippen LogP contribution in [0.3, 0.4) is 0 Å². The van der Waals surface area contributed by atoms with Crippen molar-refractivity contribution in [3.05, 3.63) is 47.2 Å². The maximum atomic E-state index is 13.0. The second-order valence-corrected chi connectivity index (χ2v) is 7.30. The maximum absolute atomic E-state index is 13.0. The first-order chi connectivity index (χ1) is 13.5. The Morgan fingerprint density at radius 3 is 2.18 bits per heavy atom. The number of nitrogens with one attached hydrogen (secondary N) is 1. The third kappa shape index (κ3) is 3.82. The summed E-state index contributed by atoms with van der Waals surface area (Å²) in [6.07, 6.45) is 3.81. The minimum atomic E-state index is -0.228. The van der Waals surface area contributed by atoms with Crippen molar-refractivity contribution >= 4 is 22.9 Å². The molecular formula is C20H23N3O4S. The molecule has 8 heteroatoms. The average Bonchev–Trinajstić information content (AvgIpc) is 3.36. The second kappa shape index (κ2) is 8.35. The molecule has 2 aromatic heterocycles. The molecule has 0 bridgehead atoms. The fraction of sp³-hybridized carbons (Fsp3) is 0.300. The molecule has 0 spiro atoms.